The van der Waals surface area contributed by atoms with E-state index < -0.39 is 16.1 Å². The molecule has 1 amide bonds. The number of sulfonamides is 1. The quantitative estimate of drug-likeness (QED) is 0.684. The standard InChI is InChI=1S/C23H31N3O4S/c1-17(23(28)24-20-10-7-11-21(16-20)31(29,30)25(2)3)26-14-12-19(13-15-26)22(27)18-8-5-4-6-9-18/h4-11,16-17,19,22,27H,12-15H2,1-3H3,(H,24,28). The monoisotopic (exact) mass is 445 g/mol. The van der Waals surface area contributed by atoms with Gasteiger partial charge in [-0.15, -0.1) is 0 Å². The molecule has 0 aliphatic carbocycles. The van der Waals surface area contributed by atoms with Crippen LogP contribution in [0.5, 0.6) is 0 Å². The fourth-order valence-electron chi connectivity index (χ4n) is 3.90. The first kappa shape index (κ1) is 23.4. The smallest absolute Gasteiger partial charge is 0.242 e. The van der Waals surface area contributed by atoms with Crippen molar-refractivity contribution < 1.29 is 18.3 Å². The van der Waals surface area contributed by atoms with Crippen molar-refractivity contribution in [2.24, 2.45) is 5.92 Å². The van der Waals surface area contributed by atoms with Crippen LogP contribution in [0.2, 0.25) is 0 Å². The summed E-state index contributed by atoms with van der Waals surface area (Å²) in [4.78, 5) is 15.0. The van der Waals surface area contributed by atoms with E-state index >= 15 is 0 Å². The van der Waals surface area contributed by atoms with Gasteiger partial charge in [-0.2, -0.15) is 0 Å². The maximum Gasteiger partial charge on any atom is 0.242 e. The summed E-state index contributed by atoms with van der Waals surface area (Å²) >= 11 is 0. The Labute approximate surface area is 184 Å². The second kappa shape index (κ2) is 9.91. The average molecular weight is 446 g/mol. The Kier molecular flexibility index (Phi) is 7.48. The van der Waals surface area contributed by atoms with Gasteiger partial charge in [0.1, 0.15) is 0 Å². The molecule has 3 rings (SSSR count). The van der Waals surface area contributed by atoms with Crippen LogP contribution in [0.25, 0.3) is 0 Å². The molecule has 1 fully saturated rings. The Balaban J connectivity index is 1.58. The highest BCUT2D eigenvalue weighted by molar-refractivity contribution is 7.89. The lowest BCUT2D eigenvalue weighted by atomic mass is 9.87. The number of carbonyl (C=O) groups excluding carboxylic acids is 1. The van der Waals surface area contributed by atoms with Gasteiger partial charge < -0.3 is 10.4 Å². The number of nitrogens with zero attached hydrogens (tertiary/aromatic N) is 2. The zero-order valence-electron chi connectivity index (χ0n) is 18.2. The second-order valence-electron chi connectivity index (χ2n) is 8.21. The van der Waals surface area contributed by atoms with Crippen molar-refractivity contribution >= 4 is 21.6 Å². The molecule has 168 valence electrons. The van der Waals surface area contributed by atoms with Gasteiger partial charge in [0.15, 0.2) is 0 Å². The van der Waals surface area contributed by atoms with Gasteiger partial charge in [-0.25, -0.2) is 12.7 Å². The lowest BCUT2D eigenvalue weighted by molar-refractivity contribution is -0.121. The molecule has 1 saturated heterocycles. The van der Waals surface area contributed by atoms with E-state index in [9.17, 15) is 18.3 Å². The summed E-state index contributed by atoms with van der Waals surface area (Å²) in [5.41, 5.74) is 1.38. The van der Waals surface area contributed by atoms with E-state index in [1.165, 1.54) is 26.2 Å². The zero-order valence-corrected chi connectivity index (χ0v) is 19.0. The van der Waals surface area contributed by atoms with Gasteiger partial charge in [-0.1, -0.05) is 36.4 Å². The summed E-state index contributed by atoms with van der Waals surface area (Å²) in [6.45, 7) is 3.29. The van der Waals surface area contributed by atoms with E-state index in [0.717, 1.165) is 35.8 Å². The van der Waals surface area contributed by atoms with Gasteiger partial charge in [0.05, 0.1) is 17.0 Å². The van der Waals surface area contributed by atoms with Gasteiger partial charge >= 0.3 is 0 Å². The molecule has 8 heteroatoms. The molecule has 1 heterocycles. The van der Waals surface area contributed by atoms with Gasteiger partial charge in [0.25, 0.3) is 0 Å². The van der Waals surface area contributed by atoms with Crippen molar-refractivity contribution in [1.29, 1.82) is 0 Å². The number of nitrogens with one attached hydrogen (secondary N) is 1. The topological polar surface area (TPSA) is 90.0 Å². The van der Waals surface area contributed by atoms with Crippen LogP contribution in [-0.4, -0.2) is 61.9 Å². The molecule has 0 bridgehead atoms. The molecule has 1 aliphatic heterocycles. The summed E-state index contributed by atoms with van der Waals surface area (Å²) in [5, 5.41) is 13.5. The second-order valence-corrected chi connectivity index (χ2v) is 10.4. The van der Waals surface area contributed by atoms with E-state index in [0.29, 0.717) is 5.69 Å². The van der Waals surface area contributed by atoms with Crippen molar-refractivity contribution in [1.82, 2.24) is 9.21 Å². The molecule has 0 aromatic heterocycles. The number of aliphatic hydroxyl groups excluding tert-OH is 1. The normalized spacial score (nSPS) is 18.0. The molecular weight excluding hydrogens is 414 g/mol. The number of likely N-dealkylation sites (tertiary alicyclic amines) is 1. The molecule has 2 aromatic carbocycles. The number of aliphatic hydroxyl groups is 1. The summed E-state index contributed by atoms with van der Waals surface area (Å²) < 4.78 is 25.8. The molecule has 0 radical (unpaired) electrons. The van der Waals surface area contributed by atoms with Gasteiger partial charge in [0, 0.05) is 19.8 Å². The third kappa shape index (κ3) is 5.51. The number of carbonyl (C=O) groups is 1. The minimum absolute atomic E-state index is 0.138. The van der Waals surface area contributed by atoms with Crippen LogP contribution in [0.1, 0.15) is 31.4 Å². The highest BCUT2D eigenvalue weighted by Gasteiger charge is 2.30. The van der Waals surface area contributed by atoms with E-state index in [1.54, 1.807) is 12.1 Å². The molecule has 2 unspecified atom stereocenters. The van der Waals surface area contributed by atoms with Crippen LogP contribution >= 0.6 is 0 Å². The highest BCUT2D eigenvalue weighted by atomic mass is 32.2. The molecule has 1 aliphatic rings. The van der Waals surface area contributed by atoms with Gasteiger partial charge in [0.2, 0.25) is 15.9 Å². The van der Waals surface area contributed by atoms with Crippen molar-refractivity contribution in [2.45, 2.75) is 36.8 Å². The fourth-order valence-corrected chi connectivity index (χ4v) is 4.85. The van der Waals surface area contributed by atoms with Crippen molar-refractivity contribution in [3.63, 3.8) is 0 Å². The first-order chi connectivity index (χ1) is 14.7. The van der Waals surface area contributed by atoms with Crippen LogP contribution < -0.4 is 5.32 Å². The lowest BCUT2D eigenvalue weighted by Crippen LogP contribution is -2.46. The average Bonchev–Trinajstić information content (AvgIpc) is 2.78. The van der Waals surface area contributed by atoms with E-state index in [1.807, 2.05) is 37.3 Å². The molecule has 2 atom stereocenters. The number of benzene rings is 2. The third-order valence-corrected chi connectivity index (χ3v) is 7.78. The van der Waals surface area contributed by atoms with Crippen LogP contribution in [0.3, 0.4) is 0 Å². The molecule has 2 N–H and O–H groups in total. The maximum absolute atomic E-state index is 12.8. The first-order valence-corrected chi connectivity index (χ1v) is 11.9. The summed E-state index contributed by atoms with van der Waals surface area (Å²) in [6, 6.07) is 15.6. The Morgan fingerprint density at radius 1 is 1.10 bits per heavy atom. The predicted octanol–water partition coefficient (Wildman–Crippen LogP) is 2.71. The fraction of sp³-hybridized carbons (Fsp3) is 0.435. The van der Waals surface area contributed by atoms with Crippen LogP contribution in [0, 0.1) is 5.92 Å². The Hall–Kier alpha value is -2.26. The van der Waals surface area contributed by atoms with Gasteiger partial charge in [-0.05, 0) is 62.5 Å². The number of hydrogen-bond donors (Lipinski definition) is 2. The highest BCUT2D eigenvalue weighted by Crippen LogP contribution is 2.31. The molecule has 31 heavy (non-hydrogen) atoms. The Morgan fingerprint density at radius 2 is 1.74 bits per heavy atom. The predicted molar refractivity (Wildman–Crippen MR) is 121 cm³/mol. The number of hydrogen-bond acceptors (Lipinski definition) is 5. The first-order valence-electron chi connectivity index (χ1n) is 10.5. The molecule has 0 spiro atoms. The molecule has 2 aromatic rings. The van der Waals surface area contributed by atoms with Crippen LogP contribution in [0.4, 0.5) is 5.69 Å². The zero-order chi connectivity index (χ0) is 22.6. The van der Waals surface area contributed by atoms with Crippen molar-refractivity contribution in [3.8, 4) is 0 Å². The van der Waals surface area contributed by atoms with E-state index in [-0.39, 0.29) is 22.8 Å². The SMILES string of the molecule is CC(C(=O)Nc1cccc(S(=O)(=O)N(C)C)c1)N1CCC(C(O)c2ccccc2)CC1. The summed E-state index contributed by atoms with van der Waals surface area (Å²) in [6.07, 6.45) is 1.13. The maximum atomic E-state index is 12.8. The lowest BCUT2D eigenvalue weighted by Gasteiger charge is -2.37. The minimum atomic E-state index is -3.57. The van der Waals surface area contributed by atoms with Crippen LogP contribution in [0.15, 0.2) is 59.5 Å². The summed E-state index contributed by atoms with van der Waals surface area (Å²) in [7, 11) is -0.619. The van der Waals surface area contributed by atoms with E-state index in [4.69, 9.17) is 0 Å². The molecular formula is C23H31N3O4S. The van der Waals surface area contributed by atoms with Crippen molar-refractivity contribution in [3.05, 3.63) is 60.2 Å². The Bertz CT molecular complexity index is 987. The summed E-state index contributed by atoms with van der Waals surface area (Å²) in [5.74, 6) is -0.0108. The van der Waals surface area contributed by atoms with Crippen LogP contribution in [-0.2, 0) is 14.8 Å². The number of amides is 1. The molecule has 0 saturated carbocycles. The van der Waals surface area contributed by atoms with Crippen molar-refractivity contribution in [2.75, 3.05) is 32.5 Å². The van der Waals surface area contributed by atoms with Gasteiger partial charge in [-0.3, -0.25) is 9.69 Å². The minimum Gasteiger partial charge on any atom is -0.388 e. The number of piperidine rings is 1. The van der Waals surface area contributed by atoms with E-state index in [2.05, 4.69) is 10.2 Å². The Morgan fingerprint density at radius 3 is 2.35 bits per heavy atom. The number of anilines is 1. The largest absolute Gasteiger partial charge is 0.388 e. The third-order valence-electron chi connectivity index (χ3n) is 5.97. The number of rotatable bonds is 7. The molecule has 7 nitrogen and oxygen atoms in total.